The average Bonchev–Trinajstić information content (AvgIpc) is 3.24. The number of amides is 1. The van der Waals surface area contributed by atoms with Crippen molar-refractivity contribution >= 4 is 23.2 Å². The van der Waals surface area contributed by atoms with Gasteiger partial charge in [-0.05, 0) is 36.8 Å². The van der Waals surface area contributed by atoms with Crippen LogP contribution in [0.5, 0.6) is 11.5 Å². The van der Waals surface area contributed by atoms with Gasteiger partial charge < -0.3 is 9.47 Å². The summed E-state index contributed by atoms with van der Waals surface area (Å²) in [6, 6.07) is 20.6. The number of nitrogens with zero attached hydrogens (tertiary/aromatic N) is 2. The minimum absolute atomic E-state index is 0.235. The molecule has 3 aromatic carbocycles. The van der Waals surface area contributed by atoms with Crippen molar-refractivity contribution in [3.63, 3.8) is 0 Å². The monoisotopic (exact) mass is 434 g/mol. The van der Waals surface area contributed by atoms with Gasteiger partial charge in [0.15, 0.2) is 0 Å². The number of benzene rings is 3. The summed E-state index contributed by atoms with van der Waals surface area (Å²) in [5.74, 6) is 1.10. The molecule has 1 aliphatic rings. The van der Waals surface area contributed by atoms with E-state index in [1.165, 1.54) is 5.01 Å². The SMILES string of the molecule is COc1cc(OC)cc(C2=NN(C(=O)c3ccccc3Cl)[C@H](c3ccc(C)cc3)C2)c1. The Morgan fingerprint density at radius 3 is 2.26 bits per heavy atom. The van der Waals surface area contributed by atoms with Gasteiger partial charge in [0.05, 0.1) is 36.6 Å². The molecule has 1 heterocycles. The van der Waals surface area contributed by atoms with Gasteiger partial charge in [0, 0.05) is 18.1 Å². The van der Waals surface area contributed by atoms with Gasteiger partial charge in [-0.3, -0.25) is 4.79 Å². The number of hydrogen-bond acceptors (Lipinski definition) is 4. The third-order valence-electron chi connectivity index (χ3n) is 5.37. The highest BCUT2D eigenvalue weighted by Crippen LogP contribution is 2.36. The van der Waals surface area contributed by atoms with Gasteiger partial charge in [-0.2, -0.15) is 5.10 Å². The van der Waals surface area contributed by atoms with Crippen LogP contribution in [0.25, 0.3) is 0 Å². The lowest BCUT2D eigenvalue weighted by Crippen LogP contribution is -2.27. The van der Waals surface area contributed by atoms with Crippen LogP contribution >= 0.6 is 11.6 Å². The number of carbonyl (C=O) groups excluding carboxylic acids is 1. The Hall–Kier alpha value is -3.31. The molecule has 0 saturated carbocycles. The average molecular weight is 435 g/mol. The van der Waals surface area contributed by atoms with E-state index in [0.29, 0.717) is 28.5 Å². The zero-order chi connectivity index (χ0) is 22.0. The fourth-order valence-corrected chi connectivity index (χ4v) is 3.87. The fourth-order valence-electron chi connectivity index (χ4n) is 3.65. The fraction of sp³-hybridized carbons (Fsp3) is 0.200. The molecule has 0 N–H and O–H groups in total. The van der Waals surface area contributed by atoms with Crippen molar-refractivity contribution in [3.8, 4) is 11.5 Å². The Balaban J connectivity index is 1.78. The highest BCUT2D eigenvalue weighted by Gasteiger charge is 2.34. The zero-order valence-corrected chi connectivity index (χ0v) is 18.4. The number of methoxy groups -OCH3 is 2. The first-order valence-corrected chi connectivity index (χ1v) is 10.3. The van der Waals surface area contributed by atoms with Crippen molar-refractivity contribution in [3.05, 3.63) is 94.0 Å². The van der Waals surface area contributed by atoms with E-state index in [2.05, 4.69) is 0 Å². The van der Waals surface area contributed by atoms with Crippen LogP contribution in [-0.4, -0.2) is 30.8 Å². The molecule has 0 unspecified atom stereocenters. The van der Waals surface area contributed by atoms with Crippen LogP contribution in [0.1, 0.15) is 39.5 Å². The first-order valence-electron chi connectivity index (χ1n) is 9.95. The Labute approximate surface area is 186 Å². The summed E-state index contributed by atoms with van der Waals surface area (Å²) >= 11 is 6.32. The summed E-state index contributed by atoms with van der Waals surface area (Å²) in [5.41, 5.74) is 4.23. The highest BCUT2D eigenvalue weighted by atomic mass is 35.5. The molecule has 0 aromatic heterocycles. The molecule has 1 atom stereocenters. The Kier molecular flexibility index (Phi) is 5.96. The lowest BCUT2D eigenvalue weighted by molar-refractivity contribution is 0.0711. The maximum Gasteiger partial charge on any atom is 0.276 e. The summed E-state index contributed by atoms with van der Waals surface area (Å²) in [6.07, 6.45) is 0.565. The van der Waals surface area contributed by atoms with Crippen LogP contribution in [0.2, 0.25) is 5.02 Å². The third kappa shape index (κ3) is 4.28. The molecule has 31 heavy (non-hydrogen) atoms. The van der Waals surface area contributed by atoms with Gasteiger partial charge in [0.1, 0.15) is 11.5 Å². The number of halogens is 1. The van der Waals surface area contributed by atoms with Crippen molar-refractivity contribution in [2.45, 2.75) is 19.4 Å². The summed E-state index contributed by atoms with van der Waals surface area (Å²) in [6.45, 7) is 2.04. The topological polar surface area (TPSA) is 51.1 Å². The van der Waals surface area contributed by atoms with Gasteiger partial charge in [-0.25, -0.2) is 5.01 Å². The normalized spacial score (nSPS) is 15.5. The van der Waals surface area contributed by atoms with Gasteiger partial charge in [0.25, 0.3) is 5.91 Å². The predicted octanol–water partition coefficient (Wildman–Crippen LogP) is 5.66. The van der Waals surface area contributed by atoms with Crippen LogP contribution < -0.4 is 9.47 Å². The Bertz CT molecular complexity index is 1120. The van der Waals surface area contributed by atoms with Gasteiger partial charge in [0.2, 0.25) is 0 Å². The van der Waals surface area contributed by atoms with Crippen LogP contribution in [0.15, 0.2) is 71.8 Å². The molecule has 6 heteroatoms. The number of ether oxygens (including phenoxy) is 2. The molecule has 1 amide bonds. The van der Waals surface area contributed by atoms with Crippen LogP contribution in [0.3, 0.4) is 0 Å². The maximum atomic E-state index is 13.4. The molecule has 0 aliphatic carbocycles. The van der Waals surface area contributed by atoms with Gasteiger partial charge in [-0.1, -0.05) is 53.6 Å². The van der Waals surface area contributed by atoms with Crippen molar-refractivity contribution in [2.24, 2.45) is 5.10 Å². The maximum absolute atomic E-state index is 13.4. The van der Waals surface area contributed by atoms with Gasteiger partial charge >= 0.3 is 0 Å². The van der Waals surface area contributed by atoms with E-state index in [9.17, 15) is 4.79 Å². The smallest absolute Gasteiger partial charge is 0.276 e. The number of hydrogen-bond donors (Lipinski definition) is 0. The van der Waals surface area contributed by atoms with E-state index < -0.39 is 0 Å². The predicted molar refractivity (Wildman–Crippen MR) is 122 cm³/mol. The minimum atomic E-state index is -0.239. The molecule has 1 aliphatic heterocycles. The standard InChI is InChI=1S/C25H23ClN2O3/c1-16-8-10-17(11-9-16)24-15-23(18-12-19(30-2)14-20(13-18)31-3)27-28(24)25(29)21-6-4-5-7-22(21)26/h4-14,24H,15H2,1-3H3/t24-/m0/s1. The van der Waals surface area contributed by atoms with Crippen molar-refractivity contribution in [1.82, 2.24) is 5.01 Å². The van der Waals surface area contributed by atoms with E-state index >= 15 is 0 Å². The Morgan fingerprint density at radius 1 is 1.00 bits per heavy atom. The summed E-state index contributed by atoms with van der Waals surface area (Å²) in [4.78, 5) is 13.4. The quantitative estimate of drug-likeness (QED) is 0.520. The van der Waals surface area contributed by atoms with E-state index in [4.69, 9.17) is 26.2 Å². The molecule has 158 valence electrons. The molecule has 0 spiro atoms. The van der Waals surface area contributed by atoms with E-state index in [0.717, 1.165) is 22.4 Å². The lowest BCUT2D eigenvalue weighted by Gasteiger charge is -2.22. The first-order chi connectivity index (χ1) is 15.0. The number of carbonyl (C=O) groups is 1. The van der Waals surface area contributed by atoms with Crippen LogP contribution in [-0.2, 0) is 0 Å². The minimum Gasteiger partial charge on any atom is -0.497 e. The molecule has 4 rings (SSSR count). The highest BCUT2D eigenvalue weighted by molar-refractivity contribution is 6.33. The Morgan fingerprint density at radius 2 is 1.65 bits per heavy atom. The molecule has 0 fully saturated rings. The molecule has 3 aromatic rings. The van der Waals surface area contributed by atoms with Crippen LogP contribution in [0.4, 0.5) is 0 Å². The largest absolute Gasteiger partial charge is 0.497 e. The van der Waals surface area contributed by atoms with E-state index in [1.54, 1.807) is 38.5 Å². The zero-order valence-electron chi connectivity index (χ0n) is 17.6. The van der Waals surface area contributed by atoms with Crippen molar-refractivity contribution < 1.29 is 14.3 Å². The number of aryl methyl sites for hydroxylation is 1. The first kappa shape index (κ1) is 20.9. The summed E-state index contributed by atoms with van der Waals surface area (Å²) in [7, 11) is 3.22. The number of rotatable bonds is 5. The van der Waals surface area contributed by atoms with Crippen molar-refractivity contribution in [2.75, 3.05) is 14.2 Å². The lowest BCUT2D eigenvalue weighted by atomic mass is 9.97. The van der Waals surface area contributed by atoms with Gasteiger partial charge in [-0.15, -0.1) is 0 Å². The third-order valence-corrected chi connectivity index (χ3v) is 5.70. The molecule has 0 bridgehead atoms. The number of hydrazone groups is 1. The second-order valence-electron chi connectivity index (χ2n) is 7.41. The molecular weight excluding hydrogens is 412 g/mol. The molecule has 5 nitrogen and oxygen atoms in total. The molecule has 0 saturated heterocycles. The summed E-state index contributed by atoms with van der Waals surface area (Å²) in [5, 5.41) is 6.68. The second kappa shape index (κ2) is 8.82. The van der Waals surface area contributed by atoms with E-state index in [-0.39, 0.29) is 11.9 Å². The second-order valence-corrected chi connectivity index (χ2v) is 7.82. The summed E-state index contributed by atoms with van der Waals surface area (Å²) < 4.78 is 10.8. The van der Waals surface area contributed by atoms with Crippen LogP contribution in [0, 0.1) is 6.92 Å². The van der Waals surface area contributed by atoms with Crippen molar-refractivity contribution in [1.29, 1.82) is 0 Å². The molecule has 0 radical (unpaired) electrons. The molecular formula is C25H23ClN2O3. The van der Waals surface area contributed by atoms with E-state index in [1.807, 2.05) is 49.4 Å².